The Balaban J connectivity index is 2.09. The molecule has 0 N–H and O–H groups in total. The van der Waals surface area contributed by atoms with Crippen LogP contribution in [0.5, 0.6) is 0 Å². The van der Waals surface area contributed by atoms with Gasteiger partial charge in [-0.25, -0.2) is 4.98 Å². The molecule has 2 rings (SSSR count). The van der Waals surface area contributed by atoms with Crippen molar-refractivity contribution in [3.05, 3.63) is 29.0 Å². The number of ether oxygens (including phenoxy) is 1. The van der Waals surface area contributed by atoms with E-state index in [0.29, 0.717) is 17.3 Å². The number of pyridine rings is 1. The summed E-state index contributed by atoms with van der Waals surface area (Å²) in [7, 11) is 0. The molecule has 2 heterocycles. The van der Waals surface area contributed by atoms with Gasteiger partial charge in [-0.2, -0.15) is 18.2 Å². The highest BCUT2D eigenvalue weighted by molar-refractivity contribution is 6.29. The molecule has 1 amide bonds. The van der Waals surface area contributed by atoms with E-state index in [-0.39, 0.29) is 19.2 Å². The number of hydrogen-bond acceptors (Lipinski definition) is 3. The molecule has 20 heavy (non-hydrogen) atoms. The first kappa shape index (κ1) is 14.6. The molecule has 0 atom stereocenters. The van der Waals surface area contributed by atoms with Crippen LogP contribution in [-0.4, -0.2) is 41.1 Å². The van der Waals surface area contributed by atoms with Crippen LogP contribution in [0, 0.1) is 0 Å². The Kier molecular flexibility index (Phi) is 4.12. The topological polar surface area (TPSA) is 54.8 Å². The average molecular weight is 308 g/mol. The monoisotopic (exact) mass is 307 g/mol. The van der Waals surface area contributed by atoms with Crippen LogP contribution in [0.15, 0.2) is 23.3 Å². The maximum Gasteiger partial charge on any atom is 0.473 e. The number of carbonyl (C=O) groups is 1. The van der Waals surface area contributed by atoms with Gasteiger partial charge in [-0.1, -0.05) is 17.7 Å². The minimum absolute atomic E-state index is 0.172. The number of amides is 1. The molecule has 0 bridgehead atoms. The molecule has 1 aromatic rings. The number of rotatable bonds is 2. The number of aliphatic imine (C=N–C) groups is 1. The van der Waals surface area contributed by atoms with Gasteiger partial charge in [0.15, 0.2) is 0 Å². The normalized spacial score (nSPS) is 17.4. The van der Waals surface area contributed by atoms with Crippen molar-refractivity contribution in [1.82, 2.24) is 9.88 Å². The lowest BCUT2D eigenvalue weighted by Gasteiger charge is -2.15. The molecule has 0 aliphatic carbocycles. The van der Waals surface area contributed by atoms with Crippen molar-refractivity contribution in [2.24, 2.45) is 4.99 Å². The number of hydrogen-bond donors (Lipinski definition) is 0. The van der Waals surface area contributed by atoms with Crippen LogP contribution < -0.4 is 0 Å². The second-order valence-electron chi connectivity index (χ2n) is 3.96. The minimum Gasteiger partial charge on any atom is -0.463 e. The van der Waals surface area contributed by atoms with Crippen molar-refractivity contribution in [1.29, 1.82) is 0 Å². The van der Waals surface area contributed by atoms with E-state index in [9.17, 15) is 18.0 Å². The lowest BCUT2D eigenvalue weighted by atomic mass is 10.3. The van der Waals surface area contributed by atoms with E-state index in [4.69, 9.17) is 16.3 Å². The summed E-state index contributed by atoms with van der Waals surface area (Å²) < 4.78 is 41.4. The highest BCUT2D eigenvalue weighted by atomic mass is 35.5. The molecule has 1 fully saturated rings. The summed E-state index contributed by atoms with van der Waals surface area (Å²) in [6.07, 6.45) is -3.52. The molecular weight excluding hydrogens is 299 g/mol. The highest BCUT2D eigenvalue weighted by Crippen LogP contribution is 2.18. The zero-order valence-corrected chi connectivity index (χ0v) is 10.8. The van der Waals surface area contributed by atoms with Gasteiger partial charge in [0.25, 0.3) is 6.02 Å². The van der Waals surface area contributed by atoms with Crippen LogP contribution in [0.3, 0.4) is 0 Å². The smallest absolute Gasteiger partial charge is 0.463 e. The molecule has 108 valence electrons. The van der Waals surface area contributed by atoms with E-state index >= 15 is 0 Å². The van der Waals surface area contributed by atoms with Crippen LogP contribution in [0.25, 0.3) is 0 Å². The summed E-state index contributed by atoms with van der Waals surface area (Å²) in [5.74, 6) is -2.19. The van der Waals surface area contributed by atoms with Crippen molar-refractivity contribution in [3.8, 4) is 0 Å². The number of carbonyl (C=O) groups excluding carboxylic acids is 1. The van der Waals surface area contributed by atoms with Gasteiger partial charge < -0.3 is 9.64 Å². The average Bonchev–Trinajstić information content (AvgIpc) is 2.78. The Hall–Kier alpha value is -1.83. The molecule has 5 nitrogen and oxygen atoms in total. The van der Waals surface area contributed by atoms with E-state index < -0.39 is 12.1 Å². The van der Waals surface area contributed by atoms with Gasteiger partial charge in [-0.05, 0) is 11.6 Å². The number of nitrogens with zero attached hydrogens (tertiary/aromatic N) is 3. The first-order chi connectivity index (χ1) is 9.36. The molecule has 9 heteroatoms. The molecule has 0 unspecified atom stereocenters. The maximum atomic E-state index is 12.1. The number of aromatic nitrogens is 1. The molecule has 1 aliphatic rings. The van der Waals surface area contributed by atoms with E-state index in [2.05, 4.69) is 9.98 Å². The summed E-state index contributed by atoms with van der Waals surface area (Å²) in [5.41, 5.74) is 0.715. The van der Waals surface area contributed by atoms with Crippen molar-refractivity contribution in [2.45, 2.75) is 12.7 Å². The third-order valence-corrected chi connectivity index (χ3v) is 2.69. The first-order valence-corrected chi connectivity index (χ1v) is 5.92. The van der Waals surface area contributed by atoms with E-state index in [0.717, 1.165) is 0 Å². The number of alkyl halides is 3. The van der Waals surface area contributed by atoms with Gasteiger partial charge in [-0.3, -0.25) is 4.79 Å². The van der Waals surface area contributed by atoms with Gasteiger partial charge in [0.1, 0.15) is 11.8 Å². The SMILES string of the molecule is O=C(N=C1OCCN1Cc1ccc(Cl)nc1)C(F)(F)F. The fourth-order valence-electron chi connectivity index (χ4n) is 1.55. The van der Waals surface area contributed by atoms with Crippen LogP contribution in [0.1, 0.15) is 5.56 Å². The third-order valence-electron chi connectivity index (χ3n) is 2.46. The fourth-order valence-corrected chi connectivity index (χ4v) is 1.67. The molecule has 0 radical (unpaired) electrons. The summed E-state index contributed by atoms with van der Waals surface area (Å²) in [6.45, 7) is 0.742. The molecular formula is C11H9ClF3N3O2. The van der Waals surface area contributed by atoms with Crippen LogP contribution in [-0.2, 0) is 16.1 Å². The first-order valence-electron chi connectivity index (χ1n) is 5.54. The largest absolute Gasteiger partial charge is 0.473 e. The van der Waals surface area contributed by atoms with E-state index in [1.54, 1.807) is 12.1 Å². The quantitative estimate of drug-likeness (QED) is 0.784. The Bertz CT molecular complexity index is 531. The number of amidine groups is 1. The van der Waals surface area contributed by atoms with Gasteiger partial charge >= 0.3 is 12.1 Å². The third kappa shape index (κ3) is 3.60. The zero-order chi connectivity index (χ0) is 14.8. The van der Waals surface area contributed by atoms with Gasteiger partial charge in [0.2, 0.25) is 0 Å². The second kappa shape index (κ2) is 5.66. The van der Waals surface area contributed by atoms with Gasteiger partial charge in [-0.15, -0.1) is 0 Å². The molecule has 0 spiro atoms. The van der Waals surface area contributed by atoms with Crippen molar-refractivity contribution < 1.29 is 22.7 Å². The Labute approximate surface area is 117 Å². The van der Waals surface area contributed by atoms with Crippen molar-refractivity contribution in [3.63, 3.8) is 0 Å². The predicted molar refractivity (Wildman–Crippen MR) is 64.1 cm³/mol. The molecule has 0 saturated carbocycles. The zero-order valence-electron chi connectivity index (χ0n) is 10.0. The van der Waals surface area contributed by atoms with Gasteiger partial charge in [0, 0.05) is 12.7 Å². The van der Waals surface area contributed by atoms with Crippen molar-refractivity contribution >= 4 is 23.5 Å². The van der Waals surface area contributed by atoms with E-state index in [1.165, 1.54) is 11.1 Å². The molecule has 1 aromatic heterocycles. The molecule has 0 aromatic carbocycles. The Morgan fingerprint density at radius 2 is 2.25 bits per heavy atom. The Morgan fingerprint density at radius 3 is 2.85 bits per heavy atom. The lowest BCUT2D eigenvalue weighted by Crippen LogP contribution is -2.29. The number of halogens is 4. The molecule has 1 saturated heterocycles. The second-order valence-corrected chi connectivity index (χ2v) is 4.34. The Morgan fingerprint density at radius 1 is 1.50 bits per heavy atom. The van der Waals surface area contributed by atoms with Crippen LogP contribution in [0.4, 0.5) is 13.2 Å². The van der Waals surface area contributed by atoms with Gasteiger partial charge in [0.05, 0.1) is 6.54 Å². The highest BCUT2D eigenvalue weighted by Gasteiger charge is 2.40. The summed E-state index contributed by atoms with van der Waals surface area (Å²) in [4.78, 5) is 19.0. The maximum absolute atomic E-state index is 12.1. The van der Waals surface area contributed by atoms with Crippen LogP contribution in [0.2, 0.25) is 5.15 Å². The molecule has 1 aliphatic heterocycles. The minimum atomic E-state index is -5.01. The lowest BCUT2D eigenvalue weighted by molar-refractivity contribution is -0.169. The van der Waals surface area contributed by atoms with E-state index in [1.807, 2.05) is 0 Å². The summed E-state index contributed by atoms with van der Waals surface area (Å²) in [6, 6.07) is 2.91. The summed E-state index contributed by atoms with van der Waals surface area (Å²) >= 11 is 5.63. The standard InChI is InChI=1S/C11H9ClF3N3O2/c12-8-2-1-7(5-16-8)6-18-3-4-20-10(18)17-9(19)11(13,14)15/h1-2,5H,3-4,6H2. The predicted octanol–water partition coefficient (Wildman–Crippen LogP) is 2.01. The van der Waals surface area contributed by atoms with Crippen LogP contribution >= 0.6 is 11.6 Å². The van der Waals surface area contributed by atoms with Crippen molar-refractivity contribution in [2.75, 3.05) is 13.2 Å². The fraction of sp³-hybridized carbons (Fsp3) is 0.364. The summed E-state index contributed by atoms with van der Waals surface area (Å²) in [5, 5.41) is 0.313.